The molecule has 0 atom stereocenters. The third-order valence-electron chi connectivity index (χ3n) is 2.84. The fourth-order valence-corrected chi connectivity index (χ4v) is 3.55. The molecule has 0 spiro atoms. The summed E-state index contributed by atoms with van der Waals surface area (Å²) in [4.78, 5) is 4.72. The number of fused-ring (bicyclic) bond motifs is 1. The van der Waals surface area contributed by atoms with Crippen molar-refractivity contribution in [2.24, 2.45) is 0 Å². The van der Waals surface area contributed by atoms with Crippen LogP contribution in [0.15, 0.2) is 40.9 Å². The summed E-state index contributed by atoms with van der Waals surface area (Å²) in [6, 6.07) is 12.0. The monoisotopic (exact) mass is 318 g/mol. The Labute approximate surface area is 118 Å². The molecule has 18 heavy (non-hydrogen) atoms. The van der Waals surface area contributed by atoms with Crippen molar-refractivity contribution in [3.05, 3.63) is 46.4 Å². The zero-order chi connectivity index (χ0) is 12.7. The molecule has 2 nitrogen and oxygen atoms in total. The quantitative estimate of drug-likeness (QED) is 0.665. The van der Waals surface area contributed by atoms with Gasteiger partial charge in [0.05, 0.1) is 10.2 Å². The summed E-state index contributed by atoms with van der Waals surface area (Å²) < 4.78 is 2.23. The number of nitrogens with zero attached hydrogens (tertiary/aromatic N) is 1. The number of thiazole rings is 1. The molecule has 0 amide bonds. The maximum Gasteiger partial charge on any atom is 0.125 e. The van der Waals surface area contributed by atoms with E-state index in [0.29, 0.717) is 0 Å². The second-order valence-electron chi connectivity index (χ2n) is 4.18. The van der Waals surface area contributed by atoms with E-state index < -0.39 is 0 Å². The summed E-state index contributed by atoms with van der Waals surface area (Å²) in [6.07, 6.45) is 0. The standard InChI is InChI=1S/C14H11BrN2S/c1-8-3-2-4-12-13(8)17-14(18-12)10-7-9(16)5-6-11(10)15/h2-7H,16H2,1H3. The molecule has 1 heterocycles. The summed E-state index contributed by atoms with van der Waals surface area (Å²) in [7, 11) is 0. The van der Waals surface area contributed by atoms with Crippen LogP contribution in [0.25, 0.3) is 20.8 Å². The molecular weight excluding hydrogens is 308 g/mol. The SMILES string of the molecule is Cc1cccc2sc(-c3cc(N)ccc3Br)nc12. The molecule has 0 aliphatic heterocycles. The summed E-state index contributed by atoms with van der Waals surface area (Å²) in [6.45, 7) is 2.08. The largest absolute Gasteiger partial charge is 0.399 e. The highest BCUT2D eigenvalue weighted by Gasteiger charge is 2.10. The topological polar surface area (TPSA) is 38.9 Å². The van der Waals surface area contributed by atoms with E-state index in [-0.39, 0.29) is 0 Å². The molecule has 0 unspecified atom stereocenters. The molecule has 90 valence electrons. The molecule has 3 rings (SSSR count). The van der Waals surface area contributed by atoms with Gasteiger partial charge in [0.2, 0.25) is 0 Å². The van der Waals surface area contributed by atoms with Crippen molar-refractivity contribution in [3.8, 4) is 10.6 Å². The summed E-state index contributed by atoms with van der Waals surface area (Å²) in [5.74, 6) is 0. The Morgan fingerprint density at radius 2 is 2.06 bits per heavy atom. The minimum Gasteiger partial charge on any atom is -0.399 e. The van der Waals surface area contributed by atoms with Gasteiger partial charge in [-0.2, -0.15) is 0 Å². The number of nitrogen functional groups attached to an aromatic ring is 1. The second kappa shape index (κ2) is 4.37. The predicted octanol–water partition coefficient (Wildman–Crippen LogP) is 4.62. The molecule has 2 N–H and O–H groups in total. The van der Waals surface area contributed by atoms with Crippen molar-refractivity contribution in [2.75, 3.05) is 5.73 Å². The number of rotatable bonds is 1. The molecule has 4 heteroatoms. The van der Waals surface area contributed by atoms with Crippen molar-refractivity contribution in [2.45, 2.75) is 6.92 Å². The van der Waals surface area contributed by atoms with Crippen molar-refractivity contribution >= 4 is 43.2 Å². The van der Waals surface area contributed by atoms with Gasteiger partial charge in [-0.1, -0.05) is 28.1 Å². The fourth-order valence-electron chi connectivity index (χ4n) is 1.91. The van der Waals surface area contributed by atoms with E-state index in [1.54, 1.807) is 11.3 Å². The zero-order valence-electron chi connectivity index (χ0n) is 9.77. The van der Waals surface area contributed by atoms with E-state index in [2.05, 4.69) is 41.1 Å². The number of hydrogen-bond donors (Lipinski definition) is 1. The van der Waals surface area contributed by atoms with Gasteiger partial charge in [-0.05, 0) is 36.8 Å². The van der Waals surface area contributed by atoms with E-state index in [1.165, 1.54) is 10.3 Å². The lowest BCUT2D eigenvalue weighted by molar-refractivity contribution is 1.41. The van der Waals surface area contributed by atoms with Crippen LogP contribution in [0.5, 0.6) is 0 Å². The van der Waals surface area contributed by atoms with Crippen molar-refractivity contribution in [1.29, 1.82) is 0 Å². The first-order valence-corrected chi connectivity index (χ1v) is 7.17. The summed E-state index contributed by atoms with van der Waals surface area (Å²) >= 11 is 5.24. The first-order chi connectivity index (χ1) is 8.65. The van der Waals surface area contributed by atoms with Crippen molar-refractivity contribution < 1.29 is 0 Å². The lowest BCUT2D eigenvalue weighted by Crippen LogP contribution is -1.86. The van der Waals surface area contributed by atoms with Crippen LogP contribution in [-0.4, -0.2) is 4.98 Å². The van der Waals surface area contributed by atoms with E-state index in [1.807, 2.05) is 18.2 Å². The minimum absolute atomic E-state index is 0.754. The zero-order valence-corrected chi connectivity index (χ0v) is 12.2. The molecule has 0 saturated heterocycles. The van der Waals surface area contributed by atoms with Crippen LogP contribution in [0.3, 0.4) is 0 Å². The molecule has 0 fully saturated rings. The molecule has 0 bridgehead atoms. The number of para-hydroxylation sites is 1. The average Bonchev–Trinajstić information content (AvgIpc) is 2.77. The highest BCUT2D eigenvalue weighted by Crippen LogP contribution is 2.36. The van der Waals surface area contributed by atoms with Crippen LogP contribution in [0.1, 0.15) is 5.56 Å². The average molecular weight is 319 g/mol. The maximum atomic E-state index is 5.84. The Kier molecular flexibility index (Phi) is 2.84. The highest BCUT2D eigenvalue weighted by molar-refractivity contribution is 9.10. The number of nitrogens with two attached hydrogens (primary N) is 1. The Hall–Kier alpha value is -1.39. The third-order valence-corrected chi connectivity index (χ3v) is 4.59. The Morgan fingerprint density at radius 3 is 2.83 bits per heavy atom. The minimum atomic E-state index is 0.754. The van der Waals surface area contributed by atoms with Crippen LogP contribution >= 0.6 is 27.3 Å². The molecular formula is C14H11BrN2S. The van der Waals surface area contributed by atoms with E-state index >= 15 is 0 Å². The number of benzene rings is 2. The Bertz CT molecular complexity index is 734. The van der Waals surface area contributed by atoms with Gasteiger partial charge in [0.1, 0.15) is 5.01 Å². The number of halogens is 1. The van der Waals surface area contributed by atoms with Crippen LogP contribution in [-0.2, 0) is 0 Å². The fraction of sp³-hybridized carbons (Fsp3) is 0.0714. The molecule has 0 aliphatic rings. The number of anilines is 1. The molecule has 3 aromatic rings. The number of aryl methyl sites for hydroxylation is 1. The van der Waals surface area contributed by atoms with Gasteiger partial charge in [-0.15, -0.1) is 11.3 Å². The van der Waals surface area contributed by atoms with Crippen LogP contribution in [0.2, 0.25) is 0 Å². The lowest BCUT2D eigenvalue weighted by Gasteiger charge is -2.01. The second-order valence-corrected chi connectivity index (χ2v) is 6.06. The van der Waals surface area contributed by atoms with Gasteiger partial charge in [-0.25, -0.2) is 4.98 Å². The number of aromatic nitrogens is 1. The van der Waals surface area contributed by atoms with Crippen molar-refractivity contribution in [1.82, 2.24) is 4.98 Å². The van der Waals surface area contributed by atoms with Gasteiger partial charge in [0.25, 0.3) is 0 Å². The third kappa shape index (κ3) is 1.91. The Balaban J connectivity index is 2.26. The van der Waals surface area contributed by atoms with Gasteiger partial charge in [-0.3, -0.25) is 0 Å². The van der Waals surface area contributed by atoms with Crippen molar-refractivity contribution in [3.63, 3.8) is 0 Å². The Morgan fingerprint density at radius 1 is 1.22 bits per heavy atom. The molecule has 0 radical (unpaired) electrons. The predicted molar refractivity (Wildman–Crippen MR) is 81.9 cm³/mol. The smallest absolute Gasteiger partial charge is 0.125 e. The van der Waals surface area contributed by atoms with E-state index in [9.17, 15) is 0 Å². The maximum absolute atomic E-state index is 5.84. The highest BCUT2D eigenvalue weighted by atomic mass is 79.9. The summed E-state index contributed by atoms with van der Waals surface area (Å²) in [5.41, 5.74) is 9.93. The van der Waals surface area contributed by atoms with E-state index in [0.717, 1.165) is 26.2 Å². The van der Waals surface area contributed by atoms with Gasteiger partial charge in [0.15, 0.2) is 0 Å². The van der Waals surface area contributed by atoms with Gasteiger partial charge >= 0.3 is 0 Å². The normalized spacial score (nSPS) is 11.0. The van der Waals surface area contributed by atoms with Crippen LogP contribution < -0.4 is 5.73 Å². The van der Waals surface area contributed by atoms with Crippen LogP contribution in [0.4, 0.5) is 5.69 Å². The first kappa shape index (κ1) is 11.7. The number of hydrogen-bond acceptors (Lipinski definition) is 3. The van der Waals surface area contributed by atoms with Gasteiger partial charge in [0, 0.05) is 15.7 Å². The molecule has 0 aliphatic carbocycles. The molecule has 0 saturated carbocycles. The van der Waals surface area contributed by atoms with Gasteiger partial charge < -0.3 is 5.73 Å². The first-order valence-electron chi connectivity index (χ1n) is 5.57. The van der Waals surface area contributed by atoms with E-state index in [4.69, 9.17) is 10.7 Å². The van der Waals surface area contributed by atoms with Crippen LogP contribution in [0, 0.1) is 6.92 Å². The molecule has 1 aromatic heterocycles. The lowest BCUT2D eigenvalue weighted by atomic mass is 10.2. The molecule has 2 aromatic carbocycles. The summed E-state index contributed by atoms with van der Waals surface area (Å²) in [5, 5.41) is 0.999.